The summed E-state index contributed by atoms with van der Waals surface area (Å²) in [6.07, 6.45) is 5.78. The lowest BCUT2D eigenvalue weighted by atomic mass is 9.88. The van der Waals surface area contributed by atoms with Crippen molar-refractivity contribution in [3.05, 3.63) is 29.6 Å². The molecule has 1 aliphatic rings. The van der Waals surface area contributed by atoms with E-state index in [-0.39, 0.29) is 13.5 Å². The van der Waals surface area contributed by atoms with Gasteiger partial charge in [-0.05, 0) is 36.8 Å². The molecule has 66 valence electrons. The third kappa shape index (κ3) is 1.63. The van der Waals surface area contributed by atoms with Crippen molar-refractivity contribution in [1.82, 2.24) is 4.98 Å². The molecule has 1 aromatic rings. The molecule has 1 aliphatic carbocycles. The normalized spacial score (nSPS) is 20.9. The molecule has 12 heavy (non-hydrogen) atoms. The lowest BCUT2D eigenvalue weighted by molar-refractivity contribution is 0.573. The number of rotatable bonds is 0. The molecule has 1 heterocycles. The fraction of sp³-hybridized carbons (Fsp3) is 0.500. The van der Waals surface area contributed by atoms with Crippen molar-refractivity contribution in [3.8, 4) is 0 Å². The van der Waals surface area contributed by atoms with Crippen LogP contribution >= 0.6 is 13.5 Å². The average Bonchev–Trinajstić information content (AvgIpc) is 2.06. The average molecular weight is 181 g/mol. The molecule has 2 rings (SSSR count). The first-order valence-corrected chi connectivity index (χ1v) is 4.31. The number of aromatic nitrogens is 1. The van der Waals surface area contributed by atoms with Gasteiger partial charge in [0.2, 0.25) is 0 Å². The molecule has 0 spiro atoms. The molecule has 1 aromatic heterocycles. The molecule has 0 fully saturated rings. The number of hydrogen-bond acceptors (Lipinski definition) is 1. The Kier molecular flexibility index (Phi) is 3.15. The Balaban J connectivity index is 0.000000720. The van der Waals surface area contributed by atoms with Crippen LogP contribution in [0.1, 0.15) is 36.9 Å². The van der Waals surface area contributed by atoms with E-state index in [0.717, 1.165) is 0 Å². The molecular weight excluding hydrogens is 166 g/mol. The minimum Gasteiger partial charge on any atom is -0.261 e. The summed E-state index contributed by atoms with van der Waals surface area (Å²) in [5.41, 5.74) is 2.80. The van der Waals surface area contributed by atoms with E-state index in [1.165, 1.54) is 30.5 Å². The minimum absolute atomic E-state index is 0. The van der Waals surface area contributed by atoms with Gasteiger partial charge in [0.05, 0.1) is 0 Å². The van der Waals surface area contributed by atoms with Gasteiger partial charge in [0.15, 0.2) is 0 Å². The maximum atomic E-state index is 4.40. The highest BCUT2D eigenvalue weighted by molar-refractivity contribution is 7.59. The number of hydrogen-bond donors (Lipinski definition) is 0. The third-order valence-corrected chi connectivity index (χ3v) is 2.48. The SMILES string of the molecule is CC1CCCc2cccnc21.S. The highest BCUT2D eigenvalue weighted by atomic mass is 32.1. The topological polar surface area (TPSA) is 12.9 Å². The van der Waals surface area contributed by atoms with Crippen LogP contribution in [0.2, 0.25) is 0 Å². The van der Waals surface area contributed by atoms with E-state index in [2.05, 4.69) is 18.0 Å². The van der Waals surface area contributed by atoms with Crippen LogP contribution in [-0.4, -0.2) is 4.98 Å². The Morgan fingerprint density at radius 2 is 2.33 bits per heavy atom. The van der Waals surface area contributed by atoms with Crippen molar-refractivity contribution >= 4 is 13.5 Å². The molecule has 1 nitrogen and oxygen atoms in total. The summed E-state index contributed by atoms with van der Waals surface area (Å²) in [6.45, 7) is 2.27. The Morgan fingerprint density at radius 3 is 3.08 bits per heavy atom. The van der Waals surface area contributed by atoms with Gasteiger partial charge in [-0.2, -0.15) is 13.5 Å². The molecule has 0 saturated carbocycles. The third-order valence-electron chi connectivity index (χ3n) is 2.48. The van der Waals surface area contributed by atoms with Gasteiger partial charge in [-0.1, -0.05) is 13.0 Å². The summed E-state index contributed by atoms with van der Waals surface area (Å²) >= 11 is 0. The van der Waals surface area contributed by atoms with Crippen molar-refractivity contribution in [3.63, 3.8) is 0 Å². The summed E-state index contributed by atoms with van der Waals surface area (Å²) in [5.74, 6) is 0.681. The zero-order chi connectivity index (χ0) is 7.68. The van der Waals surface area contributed by atoms with Crippen molar-refractivity contribution in [2.45, 2.75) is 32.1 Å². The smallest absolute Gasteiger partial charge is 0.0463 e. The Bertz CT molecular complexity index is 260. The van der Waals surface area contributed by atoms with Crippen LogP contribution in [0.3, 0.4) is 0 Å². The fourth-order valence-electron chi connectivity index (χ4n) is 1.84. The van der Waals surface area contributed by atoms with Crippen LogP contribution in [-0.2, 0) is 6.42 Å². The van der Waals surface area contributed by atoms with E-state index in [0.29, 0.717) is 5.92 Å². The lowest BCUT2D eigenvalue weighted by Crippen LogP contribution is -2.08. The van der Waals surface area contributed by atoms with E-state index in [9.17, 15) is 0 Å². The van der Waals surface area contributed by atoms with Gasteiger partial charge in [0.1, 0.15) is 0 Å². The quantitative estimate of drug-likeness (QED) is 0.599. The number of pyridine rings is 1. The van der Waals surface area contributed by atoms with Gasteiger partial charge in [-0.15, -0.1) is 0 Å². The molecule has 0 saturated heterocycles. The van der Waals surface area contributed by atoms with Gasteiger partial charge in [0.25, 0.3) is 0 Å². The zero-order valence-electron chi connectivity index (χ0n) is 7.38. The van der Waals surface area contributed by atoms with Gasteiger partial charge in [0, 0.05) is 11.9 Å². The second-order valence-electron chi connectivity index (χ2n) is 3.34. The second kappa shape index (κ2) is 3.94. The molecule has 1 atom stereocenters. The van der Waals surface area contributed by atoms with Crippen LogP contribution in [0, 0.1) is 0 Å². The molecule has 1 unspecified atom stereocenters. The molecule has 0 N–H and O–H groups in total. The predicted molar refractivity (Wildman–Crippen MR) is 56.0 cm³/mol. The van der Waals surface area contributed by atoms with Crippen LogP contribution in [0.4, 0.5) is 0 Å². The van der Waals surface area contributed by atoms with Gasteiger partial charge in [-0.25, -0.2) is 0 Å². The lowest BCUT2D eigenvalue weighted by Gasteiger charge is -2.20. The Morgan fingerprint density at radius 1 is 1.50 bits per heavy atom. The van der Waals surface area contributed by atoms with Gasteiger partial charge >= 0.3 is 0 Å². The summed E-state index contributed by atoms with van der Waals surface area (Å²) < 4.78 is 0. The maximum Gasteiger partial charge on any atom is 0.0463 e. The van der Waals surface area contributed by atoms with E-state index >= 15 is 0 Å². The molecular formula is C10H15NS. The predicted octanol–water partition coefficient (Wildman–Crippen LogP) is 2.63. The molecule has 0 amide bonds. The van der Waals surface area contributed by atoms with Crippen LogP contribution in [0.25, 0.3) is 0 Å². The van der Waals surface area contributed by atoms with Crippen molar-refractivity contribution in [2.75, 3.05) is 0 Å². The van der Waals surface area contributed by atoms with Crippen molar-refractivity contribution in [1.29, 1.82) is 0 Å². The van der Waals surface area contributed by atoms with Crippen LogP contribution < -0.4 is 0 Å². The van der Waals surface area contributed by atoms with E-state index in [4.69, 9.17) is 0 Å². The number of aryl methyl sites for hydroxylation is 1. The first kappa shape index (κ1) is 9.59. The number of fused-ring (bicyclic) bond motifs is 1. The van der Waals surface area contributed by atoms with Gasteiger partial charge in [-0.3, -0.25) is 4.98 Å². The Hall–Kier alpha value is -0.500. The van der Waals surface area contributed by atoms with Crippen LogP contribution in [0.15, 0.2) is 18.3 Å². The summed E-state index contributed by atoms with van der Waals surface area (Å²) in [6, 6.07) is 4.24. The monoisotopic (exact) mass is 181 g/mol. The highest BCUT2D eigenvalue weighted by Crippen LogP contribution is 2.28. The molecule has 0 aliphatic heterocycles. The maximum absolute atomic E-state index is 4.40. The van der Waals surface area contributed by atoms with Crippen molar-refractivity contribution < 1.29 is 0 Å². The summed E-state index contributed by atoms with van der Waals surface area (Å²) in [7, 11) is 0. The molecule has 2 heteroatoms. The van der Waals surface area contributed by atoms with E-state index < -0.39 is 0 Å². The molecule has 0 bridgehead atoms. The largest absolute Gasteiger partial charge is 0.261 e. The van der Waals surface area contributed by atoms with Crippen LogP contribution in [0.5, 0.6) is 0 Å². The minimum atomic E-state index is 0. The summed E-state index contributed by atoms with van der Waals surface area (Å²) in [4.78, 5) is 4.40. The standard InChI is InChI=1S/C10H13N.H2S/c1-8-4-2-5-9-6-3-7-11-10(8)9;/h3,6-8H,2,4-5H2,1H3;1H2. The van der Waals surface area contributed by atoms with E-state index in [1.807, 2.05) is 12.3 Å². The van der Waals surface area contributed by atoms with E-state index in [1.54, 1.807) is 0 Å². The Labute approximate surface area is 80.7 Å². The number of nitrogens with zero attached hydrogens (tertiary/aromatic N) is 1. The highest BCUT2D eigenvalue weighted by Gasteiger charge is 2.15. The second-order valence-corrected chi connectivity index (χ2v) is 3.34. The van der Waals surface area contributed by atoms with Crippen molar-refractivity contribution in [2.24, 2.45) is 0 Å². The van der Waals surface area contributed by atoms with Gasteiger partial charge < -0.3 is 0 Å². The molecule has 0 aromatic carbocycles. The molecule has 0 radical (unpaired) electrons. The summed E-state index contributed by atoms with van der Waals surface area (Å²) in [5, 5.41) is 0. The first-order valence-electron chi connectivity index (χ1n) is 4.31. The first-order chi connectivity index (χ1) is 5.38. The fourth-order valence-corrected chi connectivity index (χ4v) is 1.84. The zero-order valence-corrected chi connectivity index (χ0v) is 8.38.